The van der Waals surface area contributed by atoms with E-state index in [1.807, 2.05) is 12.1 Å². The molecule has 0 unspecified atom stereocenters. The highest BCUT2D eigenvalue weighted by Gasteiger charge is 1.99. The maximum atomic E-state index is 9.39. The Morgan fingerprint density at radius 2 is 2.11 bits per heavy atom. The molecule has 1 aromatic carbocycles. The molecule has 3 N–H and O–H groups in total. The number of nitrogens with one attached hydrogen (secondary N) is 2. The molecule has 1 rings (SSSR count). The van der Waals surface area contributed by atoms with Crippen LogP contribution in [-0.2, 0) is 6.42 Å². The maximum Gasteiger partial charge on any atom is 0.191 e. The summed E-state index contributed by atoms with van der Waals surface area (Å²) in [5, 5.41) is 15.9. The van der Waals surface area contributed by atoms with E-state index in [9.17, 15) is 5.11 Å². The molecule has 0 aliphatic carbocycles. The minimum absolute atomic E-state index is 0.317. The number of hydrogen-bond donors (Lipinski definition) is 3. The molecule has 0 spiro atoms. The van der Waals surface area contributed by atoms with Crippen LogP contribution in [0.1, 0.15) is 26.3 Å². The third-order valence-corrected chi connectivity index (χ3v) is 2.58. The van der Waals surface area contributed by atoms with E-state index >= 15 is 0 Å². The molecule has 0 radical (unpaired) electrons. The van der Waals surface area contributed by atoms with Crippen LogP contribution in [-0.4, -0.2) is 30.7 Å². The molecular formula is C15H25N3O. The van der Waals surface area contributed by atoms with Gasteiger partial charge in [0.15, 0.2) is 5.96 Å². The van der Waals surface area contributed by atoms with Crippen LogP contribution in [0.4, 0.5) is 0 Å². The number of guanidine groups is 1. The summed E-state index contributed by atoms with van der Waals surface area (Å²) in [4.78, 5) is 4.51. The Morgan fingerprint density at radius 1 is 1.32 bits per heavy atom. The summed E-state index contributed by atoms with van der Waals surface area (Å²) in [5.74, 6) is 1.73. The molecule has 0 atom stereocenters. The second-order valence-corrected chi connectivity index (χ2v) is 4.96. The van der Waals surface area contributed by atoms with Crippen molar-refractivity contribution >= 4 is 5.96 Å². The predicted octanol–water partition coefficient (Wildman–Crippen LogP) is 2.15. The lowest BCUT2D eigenvalue weighted by molar-refractivity contribution is 0.474. The number of aromatic hydroxyl groups is 1. The first-order valence-corrected chi connectivity index (χ1v) is 6.92. The summed E-state index contributed by atoms with van der Waals surface area (Å²) >= 11 is 0. The Hall–Kier alpha value is -1.71. The van der Waals surface area contributed by atoms with E-state index in [-0.39, 0.29) is 0 Å². The largest absolute Gasteiger partial charge is 0.508 e. The molecule has 1 aromatic rings. The lowest BCUT2D eigenvalue weighted by Gasteiger charge is -2.12. The fraction of sp³-hybridized carbons (Fsp3) is 0.533. The summed E-state index contributed by atoms with van der Waals surface area (Å²) < 4.78 is 0. The van der Waals surface area contributed by atoms with Crippen molar-refractivity contribution in [2.45, 2.75) is 27.2 Å². The van der Waals surface area contributed by atoms with Gasteiger partial charge in [0.1, 0.15) is 5.75 Å². The first-order valence-electron chi connectivity index (χ1n) is 6.92. The van der Waals surface area contributed by atoms with E-state index < -0.39 is 0 Å². The minimum atomic E-state index is 0.317. The molecule has 0 amide bonds. The van der Waals surface area contributed by atoms with Crippen LogP contribution in [0.15, 0.2) is 29.3 Å². The standard InChI is InChI=1S/C15H25N3O/c1-4-16-15(18-11-12(2)3)17-9-8-13-6-5-7-14(19)10-13/h5-7,10,12,19H,4,8-9,11H2,1-3H3,(H2,16,17,18). The topological polar surface area (TPSA) is 56.7 Å². The smallest absolute Gasteiger partial charge is 0.191 e. The molecular weight excluding hydrogens is 238 g/mol. The zero-order chi connectivity index (χ0) is 14.1. The number of phenols is 1. The van der Waals surface area contributed by atoms with Crippen molar-refractivity contribution in [3.63, 3.8) is 0 Å². The lowest BCUT2D eigenvalue weighted by Crippen LogP contribution is -2.38. The molecule has 0 aromatic heterocycles. The van der Waals surface area contributed by atoms with Crippen molar-refractivity contribution in [1.82, 2.24) is 10.6 Å². The van der Waals surface area contributed by atoms with Gasteiger partial charge in [-0.3, -0.25) is 4.99 Å². The number of aliphatic imine (C=N–C) groups is 1. The molecule has 4 nitrogen and oxygen atoms in total. The minimum Gasteiger partial charge on any atom is -0.508 e. The van der Waals surface area contributed by atoms with Crippen LogP contribution < -0.4 is 10.6 Å². The van der Waals surface area contributed by atoms with Crippen molar-refractivity contribution in [2.24, 2.45) is 10.9 Å². The van der Waals surface area contributed by atoms with Crippen LogP contribution >= 0.6 is 0 Å². The summed E-state index contributed by atoms with van der Waals surface area (Å²) in [7, 11) is 0. The average Bonchev–Trinajstić information content (AvgIpc) is 2.36. The number of phenolic OH excluding ortho intramolecular Hbond substituents is 1. The molecule has 0 saturated heterocycles. The number of rotatable bonds is 6. The van der Waals surface area contributed by atoms with Gasteiger partial charge in [-0.15, -0.1) is 0 Å². The summed E-state index contributed by atoms with van der Waals surface area (Å²) in [6.45, 7) is 8.84. The average molecular weight is 263 g/mol. The van der Waals surface area contributed by atoms with Crippen molar-refractivity contribution in [3.8, 4) is 5.75 Å². The first kappa shape index (κ1) is 15.3. The van der Waals surface area contributed by atoms with E-state index in [1.54, 1.807) is 12.1 Å². The second-order valence-electron chi connectivity index (χ2n) is 4.96. The van der Waals surface area contributed by atoms with Crippen LogP contribution in [0.25, 0.3) is 0 Å². The second kappa shape index (κ2) is 8.40. The van der Waals surface area contributed by atoms with E-state index in [4.69, 9.17) is 0 Å². The predicted molar refractivity (Wildman–Crippen MR) is 80.6 cm³/mol. The van der Waals surface area contributed by atoms with E-state index in [1.165, 1.54) is 0 Å². The van der Waals surface area contributed by atoms with Crippen molar-refractivity contribution < 1.29 is 5.11 Å². The molecule has 0 aliphatic heterocycles. The SMILES string of the molecule is CCNC(=NCC(C)C)NCCc1cccc(O)c1. The Labute approximate surface area is 116 Å². The molecule has 4 heteroatoms. The molecule has 0 bridgehead atoms. The van der Waals surface area contributed by atoms with Crippen molar-refractivity contribution in [3.05, 3.63) is 29.8 Å². The third kappa shape index (κ3) is 6.70. The third-order valence-electron chi connectivity index (χ3n) is 2.58. The van der Waals surface area contributed by atoms with Crippen LogP contribution in [0.5, 0.6) is 5.75 Å². The molecule has 0 aliphatic rings. The van der Waals surface area contributed by atoms with Gasteiger partial charge in [-0.25, -0.2) is 0 Å². The van der Waals surface area contributed by atoms with Gasteiger partial charge in [-0.05, 0) is 37.0 Å². The number of hydrogen-bond acceptors (Lipinski definition) is 2. The number of benzene rings is 1. The van der Waals surface area contributed by atoms with Gasteiger partial charge in [0.25, 0.3) is 0 Å². The van der Waals surface area contributed by atoms with Crippen LogP contribution in [0.2, 0.25) is 0 Å². The Bertz CT molecular complexity index is 402. The lowest BCUT2D eigenvalue weighted by atomic mass is 10.1. The van der Waals surface area contributed by atoms with E-state index in [0.29, 0.717) is 11.7 Å². The molecule has 106 valence electrons. The highest BCUT2D eigenvalue weighted by atomic mass is 16.3. The van der Waals surface area contributed by atoms with Crippen molar-refractivity contribution in [1.29, 1.82) is 0 Å². The molecule has 0 heterocycles. The Balaban J connectivity index is 2.41. The van der Waals surface area contributed by atoms with Crippen LogP contribution in [0.3, 0.4) is 0 Å². The van der Waals surface area contributed by atoms with Gasteiger partial charge in [-0.2, -0.15) is 0 Å². The summed E-state index contributed by atoms with van der Waals surface area (Å²) in [6.07, 6.45) is 0.862. The first-order chi connectivity index (χ1) is 9.11. The fourth-order valence-corrected chi connectivity index (χ4v) is 1.65. The summed E-state index contributed by atoms with van der Waals surface area (Å²) in [5.41, 5.74) is 1.12. The molecule has 19 heavy (non-hydrogen) atoms. The van der Waals surface area contributed by atoms with Gasteiger partial charge in [0.2, 0.25) is 0 Å². The zero-order valence-electron chi connectivity index (χ0n) is 12.1. The molecule has 0 fully saturated rings. The van der Waals surface area contributed by atoms with Gasteiger partial charge in [-0.1, -0.05) is 26.0 Å². The fourth-order valence-electron chi connectivity index (χ4n) is 1.65. The monoisotopic (exact) mass is 263 g/mol. The molecule has 0 saturated carbocycles. The van der Waals surface area contributed by atoms with Gasteiger partial charge >= 0.3 is 0 Å². The zero-order valence-corrected chi connectivity index (χ0v) is 12.1. The number of nitrogens with zero attached hydrogens (tertiary/aromatic N) is 1. The highest BCUT2D eigenvalue weighted by Crippen LogP contribution is 2.10. The quantitative estimate of drug-likeness (QED) is 0.544. The van der Waals surface area contributed by atoms with Crippen LogP contribution in [0, 0.1) is 5.92 Å². The summed E-state index contributed by atoms with van der Waals surface area (Å²) in [6, 6.07) is 7.35. The van der Waals surface area contributed by atoms with E-state index in [2.05, 4.69) is 36.4 Å². The van der Waals surface area contributed by atoms with Gasteiger partial charge in [0, 0.05) is 19.6 Å². The Kier molecular flexibility index (Phi) is 6.79. The highest BCUT2D eigenvalue weighted by molar-refractivity contribution is 5.79. The van der Waals surface area contributed by atoms with Gasteiger partial charge in [0.05, 0.1) is 0 Å². The van der Waals surface area contributed by atoms with Gasteiger partial charge < -0.3 is 15.7 Å². The maximum absolute atomic E-state index is 9.39. The normalized spacial score (nSPS) is 11.7. The Morgan fingerprint density at radius 3 is 2.74 bits per heavy atom. The van der Waals surface area contributed by atoms with E-state index in [0.717, 1.165) is 37.6 Å². The van der Waals surface area contributed by atoms with Crippen molar-refractivity contribution in [2.75, 3.05) is 19.6 Å².